The summed E-state index contributed by atoms with van der Waals surface area (Å²) in [7, 11) is 1.60. The van der Waals surface area contributed by atoms with Gasteiger partial charge in [-0.2, -0.15) is 5.10 Å². The first-order valence-electron chi connectivity index (χ1n) is 9.04. The van der Waals surface area contributed by atoms with Crippen LogP contribution in [0.25, 0.3) is 0 Å². The largest absolute Gasteiger partial charge is 0.496 e. The van der Waals surface area contributed by atoms with Crippen LogP contribution < -0.4 is 10.2 Å². The predicted octanol–water partition coefficient (Wildman–Crippen LogP) is 0.483. The van der Waals surface area contributed by atoms with Crippen LogP contribution in [0.4, 0.5) is 0 Å². The molecule has 1 N–H and O–H groups in total. The highest BCUT2D eigenvalue weighted by atomic mass is 16.5. The molecule has 0 atom stereocenters. The molecule has 0 unspecified atom stereocenters. The van der Waals surface area contributed by atoms with Gasteiger partial charge >= 0.3 is 0 Å². The lowest BCUT2D eigenvalue weighted by molar-refractivity contribution is -0.136. The Labute approximate surface area is 158 Å². The van der Waals surface area contributed by atoms with Gasteiger partial charge in [-0.1, -0.05) is 17.7 Å². The molecule has 0 radical (unpaired) electrons. The highest BCUT2D eigenvalue weighted by Gasteiger charge is 2.28. The number of nitrogens with one attached hydrogen (secondary N) is 1. The SMILES string of the molecule is COc1ccc(C)cc1CC(=O)N1CCN(C(=O)C2=NNC(=O)CC2)CC1. The molecule has 0 spiro atoms. The monoisotopic (exact) mass is 372 g/mol. The van der Waals surface area contributed by atoms with Gasteiger partial charge in [0.05, 0.1) is 13.5 Å². The molecule has 8 heteroatoms. The fourth-order valence-corrected chi connectivity index (χ4v) is 3.29. The van der Waals surface area contributed by atoms with E-state index in [0.717, 1.165) is 11.1 Å². The van der Waals surface area contributed by atoms with Crippen LogP contribution in [-0.4, -0.2) is 66.5 Å². The maximum absolute atomic E-state index is 12.7. The van der Waals surface area contributed by atoms with Gasteiger partial charge in [-0.3, -0.25) is 14.4 Å². The Morgan fingerprint density at radius 1 is 1.15 bits per heavy atom. The molecule has 144 valence electrons. The molecule has 27 heavy (non-hydrogen) atoms. The number of hydrogen-bond acceptors (Lipinski definition) is 5. The molecule has 0 saturated carbocycles. The van der Waals surface area contributed by atoms with E-state index in [2.05, 4.69) is 10.5 Å². The fourth-order valence-electron chi connectivity index (χ4n) is 3.29. The molecule has 2 heterocycles. The Hall–Kier alpha value is -2.90. The van der Waals surface area contributed by atoms with Crippen LogP contribution in [-0.2, 0) is 20.8 Å². The van der Waals surface area contributed by atoms with Crippen LogP contribution >= 0.6 is 0 Å². The molecular weight excluding hydrogens is 348 g/mol. The zero-order chi connectivity index (χ0) is 19.4. The number of benzene rings is 1. The maximum Gasteiger partial charge on any atom is 0.270 e. The lowest BCUT2D eigenvalue weighted by Gasteiger charge is -2.35. The van der Waals surface area contributed by atoms with Crippen LogP contribution in [0.3, 0.4) is 0 Å². The summed E-state index contributed by atoms with van der Waals surface area (Å²) in [6.45, 7) is 3.87. The summed E-state index contributed by atoms with van der Waals surface area (Å²) in [5, 5.41) is 3.85. The summed E-state index contributed by atoms with van der Waals surface area (Å²) in [6.07, 6.45) is 0.913. The number of amides is 3. The summed E-state index contributed by atoms with van der Waals surface area (Å²) >= 11 is 0. The number of aryl methyl sites for hydroxylation is 1. The van der Waals surface area contributed by atoms with Crippen molar-refractivity contribution >= 4 is 23.4 Å². The van der Waals surface area contributed by atoms with E-state index in [1.165, 1.54) is 0 Å². The topological polar surface area (TPSA) is 91.3 Å². The Morgan fingerprint density at radius 2 is 1.85 bits per heavy atom. The molecule has 0 aliphatic carbocycles. The molecule has 0 bridgehead atoms. The van der Waals surface area contributed by atoms with E-state index in [9.17, 15) is 14.4 Å². The molecule has 1 aromatic carbocycles. The van der Waals surface area contributed by atoms with Crippen LogP contribution in [0, 0.1) is 6.92 Å². The van der Waals surface area contributed by atoms with Gasteiger partial charge in [0.1, 0.15) is 11.5 Å². The fraction of sp³-hybridized carbons (Fsp3) is 0.474. The third-order valence-electron chi connectivity index (χ3n) is 4.85. The number of piperazine rings is 1. The van der Waals surface area contributed by atoms with Gasteiger partial charge in [-0.05, 0) is 13.0 Å². The number of methoxy groups -OCH3 is 1. The van der Waals surface area contributed by atoms with Crippen molar-refractivity contribution in [3.05, 3.63) is 29.3 Å². The molecule has 1 aromatic rings. The number of nitrogens with zero attached hydrogens (tertiary/aromatic N) is 3. The first-order valence-corrected chi connectivity index (χ1v) is 9.04. The van der Waals surface area contributed by atoms with Crippen molar-refractivity contribution in [2.75, 3.05) is 33.3 Å². The first kappa shape index (κ1) is 18.9. The normalized spacial score (nSPS) is 17.3. The van der Waals surface area contributed by atoms with Gasteiger partial charge in [-0.25, -0.2) is 5.43 Å². The second kappa shape index (κ2) is 8.20. The highest BCUT2D eigenvalue weighted by molar-refractivity contribution is 6.39. The number of carbonyl (C=O) groups excluding carboxylic acids is 3. The van der Waals surface area contributed by atoms with E-state index in [1.54, 1.807) is 16.9 Å². The minimum absolute atomic E-state index is 0.0215. The summed E-state index contributed by atoms with van der Waals surface area (Å²) in [5.74, 6) is 0.393. The number of hydrazone groups is 1. The quantitative estimate of drug-likeness (QED) is 0.832. The van der Waals surface area contributed by atoms with Gasteiger partial charge in [0.2, 0.25) is 11.8 Å². The molecule has 3 rings (SSSR count). The first-order chi connectivity index (χ1) is 13.0. The van der Waals surface area contributed by atoms with Crippen molar-refractivity contribution in [1.82, 2.24) is 15.2 Å². The third-order valence-corrected chi connectivity index (χ3v) is 4.85. The lowest BCUT2D eigenvalue weighted by atomic mass is 10.1. The average Bonchev–Trinajstić information content (AvgIpc) is 2.68. The van der Waals surface area contributed by atoms with E-state index < -0.39 is 0 Å². The van der Waals surface area contributed by atoms with Crippen molar-refractivity contribution in [2.24, 2.45) is 5.10 Å². The van der Waals surface area contributed by atoms with Crippen LogP contribution in [0.15, 0.2) is 23.3 Å². The lowest BCUT2D eigenvalue weighted by Crippen LogP contribution is -2.53. The van der Waals surface area contributed by atoms with E-state index in [-0.39, 0.29) is 30.6 Å². The molecule has 3 amide bonds. The summed E-state index contributed by atoms with van der Waals surface area (Å²) < 4.78 is 5.35. The van der Waals surface area contributed by atoms with Crippen LogP contribution in [0.5, 0.6) is 5.75 Å². The van der Waals surface area contributed by atoms with Gasteiger partial charge in [0.15, 0.2) is 0 Å². The Bertz CT molecular complexity index is 782. The second-order valence-corrected chi connectivity index (χ2v) is 6.76. The Balaban J connectivity index is 1.56. The minimum Gasteiger partial charge on any atom is -0.496 e. The molecule has 8 nitrogen and oxygen atoms in total. The number of hydrogen-bond donors (Lipinski definition) is 1. The smallest absolute Gasteiger partial charge is 0.270 e. The Kier molecular flexibility index (Phi) is 5.73. The summed E-state index contributed by atoms with van der Waals surface area (Å²) in [4.78, 5) is 39.7. The molecule has 2 aliphatic rings. The molecular formula is C19H24N4O4. The number of carbonyl (C=O) groups is 3. The molecule has 1 saturated heterocycles. The van der Waals surface area contributed by atoms with Crippen molar-refractivity contribution in [1.29, 1.82) is 0 Å². The van der Waals surface area contributed by atoms with Gasteiger partial charge in [0, 0.05) is 44.6 Å². The predicted molar refractivity (Wildman–Crippen MR) is 99.4 cm³/mol. The molecule has 2 aliphatic heterocycles. The standard InChI is InChI=1S/C19H24N4O4/c1-13-3-5-16(27-2)14(11-13)12-18(25)22-7-9-23(10-8-22)19(26)15-4-6-17(24)21-20-15/h3,5,11H,4,6-10,12H2,1-2H3,(H,21,24). The van der Waals surface area contributed by atoms with Gasteiger partial charge < -0.3 is 14.5 Å². The second-order valence-electron chi connectivity index (χ2n) is 6.76. The zero-order valence-electron chi connectivity index (χ0n) is 15.7. The number of rotatable bonds is 4. The average molecular weight is 372 g/mol. The maximum atomic E-state index is 12.7. The van der Waals surface area contributed by atoms with E-state index in [1.807, 2.05) is 25.1 Å². The van der Waals surface area contributed by atoms with Crippen molar-refractivity contribution in [3.63, 3.8) is 0 Å². The third kappa shape index (κ3) is 4.45. The number of ether oxygens (including phenoxy) is 1. The van der Waals surface area contributed by atoms with Crippen molar-refractivity contribution in [3.8, 4) is 5.75 Å². The Morgan fingerprint density at radius 3 is 2.48 bits per heavy atom. The van der Waals surface area contributed by atoms with E-state index in [0.29, 0.717) is 44.1 Å². The van der Waals surface area contributed by atoms with Gasteiger partial charge in [0.25, 0.3) is 5.91 Å². The van der Waals surface area contributed by atoms with E-state index >= 15 is 0 Å². The zero-order valence-corrected chi connectivity index (χ0v) is 15.7. The molecule has 0 aromatic heterocycles. The minimum atomic E-state index is -0.173. The van der Waals surface area contributed by atoms with Crippen LogP contribution in [0.2, 0.25) is 0 Å². The summed E-state index contributed by atoms with van der Waals surface area (Å²) in [6, 6.07) is 5.79. The van der Waals surface area contributed by atoms with Crippen molar-refractivity contribution in [2.45, 2.75) is 26.2 Å². The van der Waals surface area contributed by atoms with Crippen molar-refractivity contribution < 1.29 is 19.1 Å². The van der Waals surface area contributed by atoms with Gasteiger partial charge in [-0.15, -0.1) is 0 Å². The van der Waals surface area contributed by atoms with Crippen LogP contribution in [0.1, 0.15) is 24.0 Å². The summed E-state index contributed by atoms with van der Waals surface area (Å²) in [5.41, 5.74) is 4.67. The van der Waals surface area contributed by atoms with E-state index in [4.69, 9.17) is 4.74 Å². The molecule has 1 fully saturated rings. The highest BCUT2D eigenvalue weighted by Crippen LogP contribution is 2.21.